The number of rotatable bonds is 1. The summed E-state index contributed by atoms with van der Waals surface area (Å²) >= 11 is 2.32. The molecule has 1 aromatic heterocycles. The van der Waals surface area contributed by atoms with Crippen molar-refractivity contribution in [1.82, 2.24) is 10.2 Å². The van der Waals surface area contributed by atoms with Gasteiger partial charge in [-0.2, -0.15) is 5.10 Å². The number of halogens is 1. The third-order valence-electron chi connectivity index (χ3n) is 3.75. The normalized spacial score (nSPS) is 15.8. The molecule has 2 aromatic rings. The molecule has 1 aliphatic heterocycles. The van der Waals surface area contributed by atoms with Gasteiger partial charge in [0, 0.05) is 26.3 Å². The quantitative estimate of drug-likeness (QED) is 0.772. The molecule has 5 heteroatoms. The SMILES string of the molecule is Cc1c(I)cc(-c2ccn[nH]c2=O)c2c1C(C)(C)CO2. The first-order valence-corrected chi connectivity index (χ1v) is 7.50. The maximum Gasteiger partial charge on any atom is 0.272 e. The Morgan fingerprint density at radius 1 is 1.40 bits per heavy atom. The van der Waals surface area contributed by atoms with E-state index in [-0.39, 0.29) is 11.0 Å². The molecule has 0 atom stereocenters. The molecule has 1 aliphatic rings. The van der Waals surface area contributed by atoms with Gasteiger partial charge in [0.05, 0.1) is 12.2 Å². The van der Waals surface area contributed by atoms with E-state index in [1.54, 1.807) is 12.3 Å². The van der Waals surface area contributed by atoms with Crippen LogP contribution in [0.5, 0.6) is 5.75 Å². The van der Waals surface area contributed by atoms with E-state index in [1.165, 1.54) is 11.1 Å². The lowest BCUT2D eigenvalue weighted by molar-refractivity contribution is 0.291. The van der Waals surface area contributed by atoms with Gasteiger partial charge in [-0.3, -0.25) is 4.79 Å². The second-order valence-corrected chi connectivity index (χ2v) is 6.87. The first-order chi connectivity index (χ1) is 9.42. The number of aromatic amines is 1. The van der Waals surface area contributed by atoms with Gasteiger partial charge in [-0.25, -0.2) is 5.10 Å². The van der Waals surface area contributed by atoms with Crippen molar-refractivity contribution in [3.05, 3.63) is 43.4 Å². The zero-order valence-corrected chi connectivity index (χ0v) is 13.7. The summed E-state index contributed by atoms with van der Waals surface area (Å²) in [4.78, 5) is 12.0. The van der Waals surface area contributed by atoms with Gasteiger partial charge >= 0.3 is 0 Å². The van der Waals surface area contributed by atoms with Crippen molar-refractivity contribution in [2.75, 3.05) is 6.61 Å². The Kier molecular flexibility index (Phi) is 3.12. The maximum absolute atomic E-state index is 12.0. The lowest BCUT2D eigenvalue weighted by Crippen LogP contribution is -2.19. The van der Waals surface area contributed by atoms with E-state index in [2.05, 4.69) is 53.6 Å². The number of hydrogen-bond donors (Lipinski definition) is 1. The van der Waals surface area contributed by atoms with Crippen molar-refractivity contribution in [3.63, 3.8) is 0 Å². The highest BCUT2D eigenvalue weighted by Gasteiger charge is 2.36. The van der Waals surface area contributed by atoms with Crippen LogP contribution in [0.4, 0.5) is 0 Å². The Bertz CT molecular complexity index is 750. The lowest BCUT2D eigenvalue weighted by atomic mass is 9.82. The Hall–Kier alpha value is -1.37. The van der Waals surface area contributed by atoms with Crippen molar-refractivity contribution in [2.24, 2.45) is 0 Å². The molecule has 0 bridgehead atoms. The Balaban J connectivity index is 2.36. The number of nitrogens with zero attached hydrogens (tertiary/aromatic N) is 1. The smallest absolute Gasteiger partial charge is 0.272 e. The van der Waals surface area contributed by atoms with E-state index in [0.29, 0.717) is 12.2 Å². The van der Waals surface area contributed by atoms with Gasteiger partial charge in [-0.1, -0.05) is 13.8 Å². The zero-order valence-electron chi connectivity index (χ0n) is 11.6. The van der Waals surface area contributed by atoms with Crippen LogP contribution in [0.25, 0.3) is 11.1 Å². The largest absolute Gasteiger partial charge is 0.492 e. The zero-order chi connectivity index (χ0) is 14.5. The second-order valence-electron chi connectivity index (χ2n) is 5.71. The fourth-order valence-corrected chi connectivity index (χ4v) is 3.35. The molecule has 2 heterocycles. The summed E-state index contributed by atoms with van der Waals surface area (Å²) in [6.45, 7) is 7.09. The fraction of sp³-hybridized carbons (Fsp3) is 0.333. The Morgan fingerprint density at radius 2 is 2.15 bits per heavy atom. The number of hydrogen-bond acceptors (Lipinski definition) is 3. The van der Waals surface area contributed by atoms with Crippen LogP contribution in [0.3, 0.4) is 0 Å². The van der Waals surface area contributed by atoms with E-state index in [9.17, 15) is 4.79 Å². The van der Waals surface area contributed by atoms with Crippen LogP contribution in [0, 0.1) is 10.5 Å². The average Bonchev–Trinajstić information content (AvgIpc) is 2.71. The second kappa shape index (κ2) is 4.58. The Labute approximate surface area is 130 Å². The molecule has 0 aliphatic carbocycles. The van der Waals surface area contributed by atoms with E-state index in [1.807, 2.05) is 6.07 Å². The number of nitrogens with one attached hydrogen (secondary N) is 1. The number of benzene rings is 1. The van der Waals surface area contributed by atoms with Crippen LogP contribution in [0.15, 0.2) is 23.1 Å². The van der Waals surface area contributed by atoms with Crippen LogP contribution in [0.1, 0.15) is 25.0 Å². The molecule has 1 aromatic carbocycles. The molecule has 0 fully saturated rings. The first kappa shape index (κ1) is 13.6. The van der Waals surface area contributed by atoms with Gasteiger partial charge in [0.1, 0.15) is 5.75 Å². The van der Waals surface area contributed by atoms with Crippen LogP contribution in [-0.4, -0.2) is 16.8 Å². The molecule has 0 amide bonds. The van der Waals surface area contributed by atoms with Gasteiger partial charge in [0.25, 0.3) is 5.56 Å². The van der Waals surface area contributed by atoms with E-state index >= 15 is 0 Å². The summed E-state index contributed by atoms with van der Waals surface area (Å²) in [5, 5.41) is 6.23. The molecule has 0 saturated carbocycles. The van der Waals surface area contributed by atoms with Crippen molar-refractivity contribution in [2.45, 2.75) is 26.2 Å². The van der Waals surface area contributed by atoms with Gasteiger partial charge in [-0.05, 0) is 47.2 Å². The highest BCUT2D eigenvalue weighted by Crippen LogP contribution is 2.47. The van der Waals surface area contributed by atoms with Gasteiger partial charge in [0.2, 0.25) is 0 Å². The van der Waals surface area contributed by atoms with E-state index in [0.717, 1.165) is 14.9 Å². The number of ether oxygens (including phenoxy) is 1. The number of aromatic nitrogens is 2. The molecule has 0 radical (unpaired) electrons. The number of H-pyrrole nitrogens is 1. The van der Waals surface area contributed by atoms with Crippen LogP contribution in [0.2, 0.25) is 0 Å². The minimum atomic E-state index is -0.192. The van der Waals surface area contributed by atoms with Crippen LogP contribution < -0.4 is 10.3 Å². The van der Waals surface area contributed by atoms with E-state index in [4.69, 9.17) is 4.74 Å². The summed E-state index contributed by atoms with van der Waals surface area (Å²) < 4.78 is 7.06. The number of fused-ring (bicyclic) bond motifs is 1. The van der Waals surface area contributed by atoms with Gasteiger partial charge in [0.15, 0.2) is 0 Å². The molecule has 4 nitrogen and oxygen atoms in total. The molecule has 0 saturated heterocycles. The molecular formula is C15H15IN2O2. The minimum Gasteiger partial charge on any atom is -0.492 e. The summed E-state index contributed by atoms with van der Waals surface area (Å²) in [7, 11) is 0. The predicted octanol–water partition coefficient (Wildman–Crippen LogP) is 3.02. The van der Waals surface area contributed by atoms with Crippen LogP contribution >= 0.6 is 22.6 Å². The maximum atomic E-state index is 12.0. The molecule has 0 unspecified atom stereocenters. The van der Waals surface area contributed by atoms with E-state index < -0.39 is 0 Å². The lowest BCUT2D eigenvalue weighted by Gasteiger charge is -2.19. The molecular weight excluding hydrogens is 367 g/mol. The predicted molar refractivity (Wildman–Crippen MR) is 86.3 cm³/mol. The van der Waals surface area contributed by atoms with Crippen molar-refractivity contribution in [1.29, 1.82) is 0 Å². The fourth-order valence-electron chi connectivity index (χ4n) is 2.77. The topological polar surface area (TPSA) is 55.0 Å². The summed E-state index contributed by atoms with van der Waals surface area (Å²) in [5.74, 6) is 0.838. The molecule has 104 valence electrons. The average molecular weight is 382 g/mol. The van der Waals surface area contributed by atoms with Crippen LogP contribution in [-0.2, 0) is 5.41 Å². The molecule has 20 heavy (non-hydrogen) atoms. The Morgan fingerprint density at radius 3 is 2.85 bits per heavy atom. The van der Waals surface area contributed by atoms with Crippen molar-refractivity contribution >= 4 is 22.6 Å². The van der Waals surface area contributed by atoms with Gasteiger partial charge < -0.3 is 4.74 Å². The third kappa shape index (κ3) is 1.95. The molecule has 0 spiro atoms. The van der Waals surface area contributed by atoms with Crippen molar-refractivity contribution in [3.8, 4) is 16.9 Å². The summed E-state index contributed by atoms with van der Waals surface area (Å²) in [5.41, 5.74) is 3.67. The van der Waals surface area contributed by atoms with Gasteiger partial charge in [-0.15, -0.1) is 0 Å². The molecule has 1 N–H and O–H groups in total. The standard InChI is InChI=1S/C15H15IN2O2/c1-8-11(16)6-10(9-4-5-17-18-14(9)19)13-12(8)15(2,3)7-20-13/h4-6H,7H2,1-3H3,(H,18,19). The van der Waals surface area contributed by atoms with Crippen molar-refractivity contribution < 1.29 is 4.74 Å². The molecule has 3 rings (SSSR count). The summed E-state index contributed by atoms with van der Waals surface area (Å²) in [6, 6.07) is 3.75. The third-order valence-corrected chi connectivity index (χ3v) is 4.87. The first-order valence-electron chi connectivity index (χ1n) is 6.42. The monoisotopic (exact) mass is 382 g/mol. The summed E-state index contributed by atoms with van der Waals surface area (Å²) in [6.07, 6.45) is 1.59. The highest BCUT2D eigenvalue weighted by molar-refractivity contribution is 14.1. The minimum absolute atomic E-state index is 0.0326. The highest BCUT2D eigenvalue weighted by atomic mass is 127.